The van der Waals surface area contributed by atoms with Crippen molar-refractivity contribution in [2.75, 3.05) is 24.5 Å². The number of anilines is 1. The molecule has 2 aromatic rings. The van der Waals surface area contributed by atoms with Crippen molar-refractivity contribution in [2.24, 2.45) is 0 Å². The molecule has 1 aliphatic rings. The molecule has 0 unspecified atom stereocenters. The number of rotatable bonds is 7. The van der Waals surface area contributed by atoms with E-state index in [4.69, 9.17) is 0 Å². The molecule has 0 radical (unpaired) electrons. The van der Waals surface area contributed by atoms with Crippen molar-refractivity contribution in [1.82, 2.24) is 10.3 Å². The van der Waals surface area contributed by atoms with Gasteiger partial charge in [-0.1, -0.05) is 49.6 Å². The highest BCUT2D eigenvalue weighted by Gasteiger charge is 2.32. The van der Waals surface area contributed by atoms with Crippen molar-refractivity contribution in [1.29, 1.82) is 0 Å². The Bertz CT molecular complexity index is 897. The Kier molecular flexibility index (Phi) is 7.71. The molecule has 0 aliphatic carbocycles. The van der Waals surface area contributed by atoms with E-state index in [9.17, 15) is 18.0 Å². The number of unbranched alkanes of at least 4 members (excludes halogenated alkanes) is 2. The zero-order valence-corrected chi connectivity index (χ0v) is 17.7. The lowest BCUT2D eigenvalue weighted by Crippen LogP contribution is -2.31. The summed E-state index contributed by atoms with van der Waals surface area (Å²) < 4.78 is 39.6. The van der Waals surface area contributed by atoms with Gasteiger partial charge in [0.1, 0.15) is 5.69 Å². The van der Waals surface area contributed by atoms with Crippen LogP contribution in [0, 0.1) is 0 Å². The molecule has 1 fully saturated rings. The highest BCUT2D eigenvalue weighted by Crippen LogP contribution is 2.34. The first-order valence-corrected chi connectivity index (χ1v) is 10.7. The largest absolute Gasteiger partial charge is 0.416 e. The average Bonchev–Trinajstić information content (AvgIpc) is 2.77. The molecular formula is C24H28F3N3O. The predicted molar refractivity (Wildman–Crippen MR) is 117 cm³/mol. The van der Waals surface area contributed by atoms with E-state index in [2.05, 4.69) is 22.1 Å². The zero-order chi connectivity index (χ0) is 22.3. The summed E-state index contributed by atoms with van der Waals surface area (Å²) in [5.74, 6) is -0.171. The van der Waals surface area contributed by atoms with Crippen molar-refractivity contribution in [2.45, 2.75) is 45.2 Å². The van der Waals surface area contributed by atoms with E-state index in [0.29, 0.717) is 38.2 Å². The number of amides is 1. The lowest BCUT2D eigenvalue weighted by Gasteiger charge is -2.30. The molecule has 7 heteroatoms. The molecule has 1 N–H and O–H groups in total. The van der Waals surface area contributed by atoms with Crippen molar-refractivity contribution >= 4 is 17.7 Å². The number of alkyl halides is 3. The number of nitrogens with one attached hydrogen (secondary N) is 1. The van der Waals surface area contributed by atoms with Gasteiger partial charge >= 0.3 is 6.18 Å². The molecule has 31 heavy (non-hydrogen) atoms. The van der Waals surface area contributed by atoms with Crippen molar-refractivity contribution < 1.29 is 18.0 Å². The number of aromatic nitrogens is 1. The number of hydrogen-bond acceptors (Lipinski definition) is 3. The van der Waals surface area contributed by atoms with E-state index < -0.39 is 11.7 Å². The van der Waals surface area contributed by atoms with Crippen LogP contribution in [-0.2, 0) is 6.18 Å². The first-order chi connectivity index (χ1) is 14.9. The minimum atomic E-state index is -4.36. The highest BCUT2D eigenvalue weighted by atomic mass is 19.4. The summed E-state index contributed by atoms with van der Waals surface area (Å²) in [7, 11) is 0. The first-order valence-electron chi connectivity index (χ1n) is 10.7. The molecule has 166 valence electrons. The Labute approximate surface area is 181 Å². The zero-order valence-electron chi connectivity index (χ0n) is 17.7. The van der Waals surface area contributed by atoms with Gasteiger partial charge in [-0.25, -0.2) is 4.98 Å². The van der Waals surface area contributed by atoms with Crippen LogP contribution in [0.5, 0.6) is 0 Å². The quantitative estimate of drug-likeness (QED) is 0.572. The Morgan fingerprint density at radius 3 is 2.52 bits per heavy atom. The lowest BCUT2D eigenvalue weighted by molar-refractivity contribution is -0.137. The second kappa shape index (κ2) is 10.5. The number of pyridine rings is 1. The summed E-state index contributed by atoms with van der Waals surface area (Å²) in [5.41, 5.74) is 1.93. The molecule has 1 aromatic carbocycles. The number of carbonyl (C=O) groups excluding carboxylic acids is 1. The van der Waals surface area contributed by atoms with Crippen molar-refractivity contribution in [3.63, 3.8) is 0 Å². The monoisotopic (exact) mass is 431 g/mol. The number of carbonyl (C=O) groups is 1. The molecule has 4 nitrogen and oxygen atoms in total. The second-order valence-corrected chi connectivity index (χ2v) is 7.74. The van der Waals surface area contributed by atoms with E-state index >= 15 is 0 Å². The third kappa shape index (κ3) is 6.32. The minimum Gasteiger partial charge on any atom is -0.370 e. The molecule has 1 amide bonds. The molecule has 1 saturated heterocycles. The molecule has 1 aliphatic heterocycles. The fraction of sp³-hybridized carbons (Fsp3) is 0.417. The molecule has 3 rings (SSSR count). The third-order valence-electron chi connectivity index (χ3n) is 5.44. The molecule has 0 atom stereocenters. The summed E-state index contributed by atoms with van der Waals surface area (Å²) in [5, 5.41) is 2.87. The SMILES string of the molecule is CCCCCNC(=O)c1ccc(N2CCC(=Cc3ccccc3C(F)(F)F)CC2)cn1. The maximum Gasteiger partial charge on any atom is 0.416 e. The molecular weight excluding hydrogens is 403 g/mol. The molecule has 0 spiro atoms. The van der Waals surface area contributed by atoms with Gasteiger partial charge in [0, 0.05) is 19.6 Å². The van der Waals surface area contributed by atoms with Gasteiger partial charge in [0.2, 0.25) is 0 Å². The Hall–Kier alpha value is -2.83. The van der Waals surface area contributed by atoms with E-state index in [1.807, 2.05) is 6.07 Å². The number of halogens is 3. The maximum atomic E-state index is 13.2. The third-order valence-corrected chi connectivity index (χ3v) is 5.44. The molecule has 1 aromatic heterocycles. The Balaban J connectivity index is 1.58. The summed E-state index contributed by atoms with van der Waals surface area (Å²) in [4.78, 5) is 18.6. The number of hydrogen-bond donors (Lipinski definition) is 1. The van der Waals surface area contributed by atoms with Gasteiger partial charge in [-0.15, -0.1) is 0 Å². The van der Waals surface area contributed by atoms with Crippen LogP contribution in [0.25, 0.3) is 6.08 Å². The second-order valence-electron chi connectivity index (χ2n) is 7.74. The van der Waals surface area contributed by atoms with Crippen LogP contribution in [-0.4, -0.2) is 30.5 Å². The Morgan fingerprint density at radius 2 is 1.87 bits per heavy atom. The summed E-state index contributed by atoms with van der Waals surface area (Å²) in [6.45, 7) is 4.16. The maximum absolute atomic E-state index is 13.2. The standard InChI is InChI=1S/C24H28F3N3O/c1-2-3-6-13-28-23(31)22-10-9-20(17-29-22)30-14-11-18(12-15-30)16-19-7-4-5-8-21(19)24(25,26)27/h4-5,7-10,16-17H,2-3,6,11-15H2,1H3,(H,28,31). The first kappa shape index (κ1) is 22.8. The number of benzene rings is 1. The van der Waals surface area contributed by atoms with Gasteiger partial charge in [-0.05, 0) is 43.0 Å². The minimum absolute atomic E-state index is 0.171. The van der Waals surface area contributed by atoms with Gasteiger partial charge in [-0.2, -0.15) is 13.2 Å². The van der Waals surface area contributed by atoms with E-state index in [0.717, 1.165) is 36.6 Å². The number of piperidine rings is 1. The summed E-state index contributed by atoms with van der Waals surface area (Å²) in [6, 6.07) is 9.27. The van der Waals surface area contributed by atoms with Crippen LogP contribution >= 0.6 is 0 Å². The molecule has 0 bridgehead atoms. The normalized spacial score (nSPS) is 14.5. The van der Waals surface area contributed by atoms with Gasteiger partial charge in [0.05, 0.1) is 17.4 Å². The Morgan fingerprint density at radius 1 is 1.13 bits per heavy atom. The highest BCUT2D eigenvalue weighted by molar-refractivity contribution is 5.92. The van der Waals surface area contributed by atoms with Crippen LogP contribution in [0.4, 0.5) is 18.9 Å². The van der Waals surface area contributed by atoms with Crippen LogP contribution in [0.15, 0.2) is 48.2 Å². The predicted octanol–water partition coefficient (Wildman–Crippen LogP) is 5.70. The van der Waals surface area contributed by atoms with Crippen molar-refractivity contribution in [3.8, 4) is 0 Å². The van der Waals surface area contributed by atoms with E-state index in [1.54, 1.807) is 24.4 Å². The van der Waals surface area contributed by atoms with E-state index in [1.165, 1.54) is 12.1 Å². The van der Waals surface area contributed by atoms with E-state index in [-0.39, 0.29) is 11.5 Å². The lowest BCUT2D eigenvalue weighted by atomic mass is 9.98. The smallest absolute Gasteiger partial charge is 0.370 e. The summed E-state index contributed by atoms with van der Waals surface area (Å²) in [6.07, 6.45) is 3.52. The number of nitrogens with zero attached hydrogens (tertiary/aromatic N) is 2. The fourth-order valence-electron chi connectivity index (χ4n) is 3.67. The van der Waals surface area contributed by atoms with Crippen LogP contribution < -0.4 is 10.2 Å². The van der Waals surface area contributed by atoms with Crippen molar-refractivity contribution in [3.05, 3.63) is 65.0 Å². The molecule has 0 saturated carbocycles. The fourth-order valence-corrected chi connectivity index (χ4v) is 3.67. The van der Waals surface area contributed by atoms with Gasteiger partial charge in [0.25, 0.3) is 5.91 Å². The van der Waals surface area contributed by atoms with Gasteiger partial charge in [-0.3, -0.25) is 4.79 Å². The van der Waals surface area contributed by atoms with Gasteiger partial charge in [0.15, 0.2) is 0 Å². The average molecular weight is 432 g/mol. The van der Waals surface area contributed by atoms with Crippen LogP contribution in [0.1, 0.15) is 60.6 Å². The molecule has 2 heterocycles. The summed E-state index contributed by atoms with van der Waals surface area (Å²) >= 11 is 0. The van der Waals surface area contributed by atoms with Gasteiger partial charge < -0.3 is 10.2 Å². The topological polar surface area (TPSA) is 45.2 Å². The van der Waals surface area contributed by atoms with Crippen LogP contribution in [0.2, 0.25) is 0 Å². The van der Waals surface area contributed by atoms with Crippen LogP contribution in [0.3, 0.4) is 0 Å².